The maximum absolute atomic E-state index is 11.9. The van der Waals surface area contributed by atoms with Crippen LogP contribution < -0.4 is 11.1 Å². The molecule has 0 aliphatic heterocycles. The highest BCUT2D eigenvalue weighted by Crippen LogP contribution is 2.02. The lowest BCUT2D eigenvalue weighted by atomic mass is 10.2. The molecule has 0 bridgehead atoms. The molecule has 2 rings (SSSR count). The molecule has 5 heteroatoms. The van der Waals surface area contributed by atoms with Crippen LogP contribution in [0, 0.1) is 0 Å². The van der Waals surface area contributed by atoms with Gasteiger partial charge in [-0.15, -0.1) is 0 Å². The van der Waals surface area contributed by atoms with Crippen molar-refractivity contribution < 1.29 is 4.79 Å². The van der Waals surface area contributed by atoms with Gasteiger partial charge in [0.1, 0.15) is 0 Å². The van der Waals surface area contributed by atoms with Gasteiger partial charge >= 0.3 is 0 Å². The molecule has 0 aromatic carbocycles. The van der Waals surface area contributed by atoms with Crippen molar-refractivity contribution in [2.45, 2.75) is 13.1 Å². The summed E-state index contributed by atoms with van der Waals surface area (Å²) in [5.74, 6) is -0.135. The summed E-state index contributed by atoms with van der Waals surface area (Å²) in [4.78, 5) is 19.9. The van der Waals surface area contributed by atoms with E-state index in [9.17, 15) is 4.79 Å². The molecule has 1 amide bonds. The second kappa shape index (κ2) is 5.88. The first kappa shape index (κ1) is 12.2. The highest BCUT2D eigenvalue weighted by molar-refractivity contribution is 5.94. The van der Waals surface area contributed by atoms with E-state index in [2.05, 4.69) is 15.3 Å². The lowest BCUT2D eigenvalue weighted by molar-refractivity contribution is 0.0950. The molecule has 2 aromatic rings. The topological polar surface area (TPSA) is 80.9 Å². The van der Waals surface area contributed by atoms with Crippen molar-refractivity contribution >= 4 is 5.91 Å². The Morgan fingerprint density at radius 1 is 1.22 bits per heavy atom. The normalized spacial score (nSPS) is 10.1. The van der Waals surface area contributed by atoms with E-state index in [4.69, 9.17) is 5.73 Å². The molecule has 0 saturated heterocycles. The third-order valence-electron chi connectivity index (χ3n) is 2.49. The summed E-state index contributed by atoms with van der Waals surface area (Å²) in [7, 11) is 0. The minimum absolute atomic E-state index is 0.135. The molecule has 18 heavy (non-hydrogen) atoms. The summed E-state index contributed by atoms with van der Waals surface area (Å²) < 4.78 is 0. The van der Waals surface area contributed by atoms with E-state index in [0.717, 1.165) is 5.56 Å². The fourth-order valence-corrected chi connectivity index (χ4v) is 1.52. The number of hydrogen-bond acceptors (Lipinski definition) is 4. The maximum atomic E-state index is 11.9. The monoisotopic (exact) mass is 242 g/mol. The van der Waals surface area contributed by atoms with E-state index in [1.165, 1.54) is 0 Å². The van der Waals surface area contributed by atoms with Crippen LogP contribution in [0.15, 0.2) is 42.9 Å². The van der Waals surface area contributed by atoms with Crippen molar-refractivity contribution in [2.24, 2.45) is 5.73 Å². The van der Waals surface area contributed by atoms with Crippen LogP contribution in [0.3, 0.4) is 0 Å². The number of aromatic nitrogens is 2. The van der Waals surface area contributed by atoms with E-state index in [-0.39, 0.29) is 5.91 Å². The number of nitrogens with two attached hydrogens (primary N) is 1. The average Bonchev–Trinajstić information content (AvgIpc) is 2.46. The molecular weight excluding hydrogens is 228 g/mol. The lowest BCUT2D eigenvalue weighted by Gasteiger charge is -2.05. The lowest BCUT2D eigenvalue weighted by Crippen LogP contribution is -2.23. The van der Waals surface area contributed by atoms with Gasteiger partial charge in [-0.1, -0.05) is 0 Å². The quantitative estimate of drug-likeness (QED) is 0.833. The van der Waals surface area contributed by atoms with E-state index in [0.29, 0.717) is 24.3 Å². The van der Waals surface area contributed by atoms with Gasteiger partial charge in [-0.3, -0.25) is 14.8 Å². The van der Waals surface area contributed by atoms with Crippen molar-refractivity contribution in [3.8, 4) is 0 Å². The third-order valence-corrected chi connectivity index (χ3v) is 2.49. The number of carbonyl (C=O) groups excluding carboxylic acids is 1. The molecule has 92 valence electrons. The zero-order valence-corrected chi connectivity index (χ0v) is 9.84. The minimum Gasteiger partial charge on any atom is -0.348 e. The standard InChI is InChI=1S/C13H14N4O/c14-8-12-7-11(3-6-16-12)13(18)17-9-10-1-4-15-5-2-10/h1-7H,8-9,14H2,(H,17,18). The molecule has 0 unspecified atom stereocenters. The molecule has 0 aliphatic carbocycles. The minimum atomic E-state index is -0.135. The van der Waals surface area contributed by atoms with Crippen LogP contribution in [0.5, 0.6) is 0 Å². The molecule has 2 heterocycles. The summed E-state index contributed by atoms with van der Waals surface area (Å²) >= 11 is 0. The van der Waals surface area contributed by atoms with Gasteiger partial charge in [0, 0.05) is 37.2 Å². The molecule has 0 atom stereocenters. The van der Waals surface area contributed by atoms with E-state index in [1.807, 2.05) is 12.1 Å². The van der Waals surface area contributed by atoms with Gasteiger partial charge in [-0.2, -0.15) is 0 Å². The highest BCUT2D eigenvalue weighted by atomic mass is 16.1. The fraction of sp³-hybridized carbons (Fsp3) is 0.154. The van der Waals surface area contributed by atoms with E-state index >= 15 is 0 Å². The number of nitrogens with zero attached hydrogens (tertiary/aromatic N) is 2. The van der Waals surface area contributed by atoms with Crippen molar-refractivity contribution in [3.05, 3.63) is 59.7 Å². The van der Waals surface area contributed by atoms with Crippen molar-refractivity contribution in [1.29, 1.82) is 0 Å². The largest absolute Gasteiger partial charge is 0.348 e. The van der Waals surface area contributed by atoms with Gasteiger partial charge in [0.05, 0.1) is 5.69 Å². The summed E-state index contributed by atoms with van der Waals surface area (Å²) in [6, 6.07) is 7.08. The number of rotatable bonds is 4. The highest BCUT2D eigenvalue weighted by Gasteiger charge is 2.05. The predicted molar refractivity (Wildman–Crippen MR) is 67.5 cm³/mol. The Hall–Kier alpha value is -2.27. The van der Waals surface area contributed by atoms with Crippen LogP contribution in [0.25, 0.3) is 0 Å². The van der Waals surface area contributed by atoms with Crippen LogP contribution >= 0.6 is 0 Å². The summed E-state index contributed by atoms with van der Waals surface area (Å²) in [6.07, 6.45) is 4.98. The Labute approximate surface area is 105 Å². The van der Waals surface area contributed by atoms with Crippen LogP contribution in [0.4, 0.5) is 0 Å². The number of carbonyl (C=O) groups is 1. The SMILES string of the molecule is NCc1cc(C(=O)NCc2ccncc2)ccn1. The number of pyridine rings is 2. The Balaban J connectivity index is 1.99. The summed E-state index contributed by atoms with van der Waals surface area (Å²) in [6.45, 7) is 0.799. The van der Waals surface area contributed by atoms with Crippen molar-refractivity contribution in [2.75, 3.05) is 0 Å². The zero-order chi connectivity index (χ0) is 12.8. The van der Waals surface area contributed by atoms with Gasteiger partial charge in [-0.25, -0.2) is 0 Å². The molecule has 5 nitrogen and oxygen atoms in total. The van der Waals surface area contributed by atoms with Gasteiger partial charge in [0.25, 0.3) is 5.91 Å². The molecule has 0 aliphatic rings. The molecule has 0 saturated carbocycles. The van der Waals surface area contributed by atoms with E-state index in [1.54, 1.807) is 30.7 Å². The van der Waals surface area contributed by atoms with Crippen LogP contribution in [-0.4, -0.2) is 15.9 Å². The molecule has 0 spiro atoms. The summed E-state index contributed by atoms with van der Waals surface area (Å²) in [5, 5.41) is 2.83. The first-order chi connectivity index (χ1) is 8.79. The maximum Gasteiger partial charge on any atom is 0.251 e. The van der Waals surface area contributed by atoms with Crippen molar-refractivity contribution in [1.82, 2.24) is 15.3 Å². The second-order valence-electron chi connectivity index (χ2n) is 3.78. The number of amides is 1. The van der Waals surface area contributed by atoms with Crippen molar-refractivity contribution in [3.63, 3.8) is 0 Å². The van der Waals surface area contributed by atoms with Gasteiger partial charge in [0.15, 0.2) is 0 Å². The fourth-order valence-electron chi connectivity index (χ4n) is 1.52. The first-order valence-corrected chi connectivity index (χ1v) is 5.61. The Morgan fingerprint density at radius 2 is 2.00 bits per heavy atom. The number of hydrogen-bond donors (Lipinski definition) is 2. The van der Waals surface area contributed by atoms with E-state index < -0.39 is 0 Å². The summed E-state index contributed by atoms with van der Waals surface area (Å²) in [5.41, 5.74) is 7.76. The first-order valence-electron chi connectivity index (χ1n) is 5.61. The van der Waals surface area contributed by atoms with Gasteiger partial charge in [0.2, 0.25) is 0 Å². The van der Waals surface area contributed by atoms with Crippen LogP contribution in [-0.2, 0) is 13.1 Å². The van der Waals surface area contributed by atoms with Crippen LogP contribution in [0.1, 0.15) is 21.6 Å². The molecule has 2 aromatic heterocycles. The predicted octanol–water partition coefficient (Wildman–Crippen LogP) is 0.865. The third kappa shape index (κ3) is 3.11. The number of nitrogens with one attached hydrogen (secondary N) is 1. The van der Waals surface area contributed by atoms with Gasteiger partial charge < -0.3 is 11.1 Å². The average molecular weight is 242 g/mol. The molecular formula is C13H14N4O. The zero-order valence-electron chi connectivity index (χ0n) is 9.84. The molecule has 3 N–H and O–H groups in total. The second-order valence-corrected chi connectivity index (χ2v) is 3.78. The Bertz CT molecular complexity index is 528. The molecule has 0 fully saturated rings. The Morgan fingerprint density at radius 3 is 2.72 bits per heavy atom. The Kier molecular flexibility index (Phi) is 3.98. The smallest absolute Gasteiger partial charge is 0.251 e. The van der Waals surface area contributed by atoms with Gasteiger partial charge in [-0.05, 0) is 29.8 Å². The van der Waals surface area contributed by atoms with Crippen LogP contribution in [0.2, 0.25) is 0 Å². The molecule has 0 radical (unpaired) electrons.